The molecule has 0 radical (unpaired) electrons. The molecule has 0 saturated carbocycles. The first kappa shape index (κ1) is 14.8. The number of fused-ring (bicyclic) bond motifs is 1. The number of oxime groups is 1. The van der Waals surface area contributed by atoms with Gasteiger partial charge in [0.15, 0.2) is 0 Å². The van der Waals surface area contributed by atoms with E-state index in [0.29, 0.717) is 5.15 Å². The molecule has 22 heavy (non-hydrogen) atoms. The molecule has 3 rings (SSSR count). The van der Waals surface area contributed by atoms with E-state index < -0.39 is 5.97 Å². The van der Waals surface area contributed by atoms with Gasteiger partial charge in [-0.15, -0.1) is 11.3 Å². The molecule has 0 bridgehead atoms. The quantitative estimate of drug-likeness (QED) is 0.411. The van der Waals surface area contributed by atoms with E-state index in [2.05, 4.69) is 5.16 Å². The van der Waals surface area contributed by atoms with Gasteiger partial charge in [0, 0.05) is 28.4 Å². The van der Waals surface area contributed by atoms with E-state index in [1.54, 1.807) is 0 Å². The summed E-state index contributed by atoms with van der Waals surface area (Å²) in [5, 5.41) is 7.22. The maximum Gasteiger partial charge on any atom is 0.340 e. The number of carbonyl (C=O) groups excluding carboxylic acids is 1. The van der Waals surface area contributed by atoms with Crippen molar-refractivity contribution < 1.29 is 9.63 Å². The van der Waals surface area contributed by atoms with Gasteiger partial charge in [-0.05, 0) is 17.5 Å². The first-order valence-electron chi connectivity index (χ1n) is 6.65. The molecule has 0 saturated heterocycles. The average molecular weight is 333 g/mol. The lowest BCUT2D eigenvalue weighted by Gasteiger charge is -1.96. The van der Waals surface area contributed by atoms with E-state index in [4.69, 9.17) is 16.4 Å². The topological polar surface area (TPSA) is 43.6 Å². The fraction of sp³-hybridized carbons (Fsp3) is 0.125. The third-order valence-corrected chi connectivity index (χ3v) is 4.64. The Kier molecular flexibility index (Phi) is 4.27. The van der Waals surface area contributed by atoms with Crippen molar-refractivity contribution in [3.63, 3.8) is 0 Å². The normalized spacial score (nSPS) is 11.4. The number of benzene rings is 1. The van der Waals surface area contributed by atoms with Gasteiger partial charge in [-0.2, -0.15) is 0 Å². The fourth-order valence-electron chi connectivity index (χ4n) is 2.24. The Morgan fingerprint density at radius 3 is 2.95 bits per heavy atom. The highest BCUT2D eigenvalue weighted by molar-refractivity contribution is 7.10. The summed E-state index contributed by atoms with van der Waals surface area (Å²) in [7, 11) is 1.88. The molecule has 1 aromatic carbocycles. The number of thiophene rings is 1. The number of nitrogens with zero attached hydrogens (tertiary/aromatic N) is 2. The van der Waals surface area contributed by atoms with Crippen LogP contribution in [0, 0.1) is 0 Å². The minimum absolute atomic E-state index is 0.221. The molecule has 0 spiro atoms. The van der Waals surface area contributed by atoms with Gasteiger partial charge in [-0.3, -0.25) is 0 Å². The first-order chi connectivity index (χ1) is 10.7. The van der Waals surface area contributed by atoms with Gasteiger partial charge in [0.2, 0.25) is 0 Å². The van der Waals surface area contributed by atoms with Gasteiger partial charge in [-0.25, -0.2) is 4.79 Å². The molecule has 6 heteroatoms. The zero-order chi connectivity index (χ0) is 15.5. The average Bonchev–Trinajstić information content (AvgIpc) is 3.10. The number of halogens is 1. The van der Waals surface area contributed by atoms with Crippen LogP contribution in [0.15, 0.2) is 46.9 Å². The van der Waals surface area contributed by atoms with Crippen LogP contribution in [0.2, 0.25) is 5.15 Å². The maximum atomic E-state index is 11.7. The molecule has 0 fully saturated rings. The number of hydrogen-bond donors (Lipinski definition) is 0. The summed E-state index contributed by atoms with van der Waals surface area (Å²) >= 11 is 7.81. The van der Waals surface area contributed by atoms with E-state index >= 15 is 0 Å². The van der Waals surface area contributed by atoms with Crippen LogP contribution in [0.1, 0.15) is 10.4 Å². The molecule has 0 N–H and O–H groups in total. The number of para-hydroxylation sites is 1. The molecule has 0 atom stereocenters. The summed E-state index contributed by atoms with van der Waals surface area (Å²) in [6, 6.07) is 11.6. The van der Waals surface area contributed by atoms with Gasteiger partial charge in [0.25, 0.3) is 0 Å². The van der Waals surface area contributed by atoms with Crippen LogP contribution in [0.25, 0.3) is 10.9 Å². The maximum absolute atomic E-state index is 11.7. The number of hydrogen-bond acceptors (Lipinski definition) is 4. The molecule has 2 aromatic heterocycles. The van der Waals surface area contributed by atoms with Crippen LogP contribution in [-0.2, 0) is 23.1 Å². The zero-order valence-electron chi connectivity index (χ0n) is 11.8. The van der Waals surface area contributed by atoms with Crippen LogP contribution in [0.3, 0.4) is 0 Å². The Morgan fingerprint density at radius 1 is 1.36 bits per heavy atom. The van der Waals surface area contributed by atoms with E-state index in [0.717, 1.165) is 21.3 Å². The molecule has 0 aliphatic rings. The van der Waals surface area contributed by atoms with Gasteiger partial charge >= 0.3 is 5.97 Å². The lowest BCUT2D eigenvalue weighted by Crippen LogP contribution is -2.03. The van der Waals surface area contributed by atoms with Crippen molar-refractivity contribution in [2.75, 3.05) is 0 Å². The Labute approximate surface area is 136 Å². The molecule has 2 heterocycles. The van der Waals surface area contributed by atoms with Crippen molar-refractivity contribution >= 4 is 46.0 Å². The van der Waals surface area contributed by atoms with Gasteiger partial charge in [-0.1, -0.05) is 41.0 Å². The Bertz CT molecular complexity index is 837. The second-order valence-corrected chi connectivity index (χ2v) is 6.12. The van der Waals surface area contributed by atoms with E-state index in [1.807, 2.05) is 53.4 Å². The summed E-state index contributed by atoms with van der Waals surface area (Å²) in [6.45, 7) is 0. The molecule has 0 unspecified atom stereocenters. The van der Waals surface area contributed by atoms with Crippen molar-refractivity contribution in [3.8, 4) is 0 Å². The lowest BCUT2D eigenvalue weighted by atomic mass is 10.2. The molecule has 3 aromatic rings. The summed E-state index contributed by atoms with van der Waals surface area (Å²) < 4.78 is 1.87. The largest absolute Gasteiger partial charge is 0.340 e. The Morgan fingerprint density at radius 2 is 2.18 bits per heavy atom. The Balaban J connectivity index is 1.76. The lowest BCUT2D eigenvalue weighted by molar-refractivity contribution is -0.142. The molecule has 112 valence electrons. The first-order valence-corrected chi connectivity index (χ1v) is 7.91. The number of aryl methyl sites for hydroxylation is 1. The summed E-state index contributed by atoms with van der Waals surface area (Å²) in [6.07, 6.45) is 1.70. The van der Waals surface area contributed by atoms with Crippen LogP contribution in [0.5, 0.6) is 0 Å². The minimum Gasteiger partial charge on any atom is -0.334 e. The summed E-state index contributed by atoms with van der Waals surface area (Å²) in [5.41, 5.74) is 1.74. The summed E-state index contributed by atoms with van der Waals surface area (Å²) in [5.74, 6) is -0.393. The number of aromatic nitrogens is 1. The van der Waals surface area contributed by atoms with Gasteiger partial charge < -0.3 is 9.40 Å². The second-order valence-electron chi connectivity index (χ2n) is 4.73. The molecular formula is C16H13ClN2O2S. The molecular weight excluding hydrogens is 320 g/mol. The SMILES string of the molecule is Cn1c(Cl)c(/C=N/OC(=O)Cc2cccs2)c2ccccc21. The van der Waals surface area contributed by atoms with E-state index in [9.17, 15) is 4.79 Å². The number of rotatable bonds is 4. The zero-order valence-corrected chi connectivity index (χ0v) is 13.4. The van der Waals surface area contributed by atoms with E-state index in [1.165, 1.54) is 17.6 Å². The molecule has 4 nitrogen and oxygen atoms in total. The highest BCUT2D eigenvalue weighted by Gasteiger charge is 2.11. The third-order valence-electron chi connectivity index (χ3n) is 3.31. The predicted molar refractivity (Wildman–Crippen MR) is 89.6 cm³/mol. The van der Waals surface area contributed by atoms with Crippen LogP contribution < -0.4 is 0 Å². The van der Waals surface area contributed by atoms with Crippen LogP contribution in [0.4, 0.5) is 0 Å². The highest BCUT2D eigenvalue weighted by Crippen LogP contribution is 2.27. The predicted octanol–water partition coefficient (Wildman–Crippen LogP) is 4.01. The van der Waals surface area contributed by atoms with Crippen molar-refractivity contribution in [3.05, 3.63) is 57.4 Å². The monoisotopic (exact) mass is 332 g/mol. The van der Waals surface area contributed by atoms with Crippen LogP contribution in [-0.4, -0.2) is 16.8 Å². The molecule has 0 aliphatic carbocycles. The van der Waals surface area contributed by atoms with Crippen molar-refractivity contribution in [1.82, 2.24) is 4.57 Å². The van der Waals surface area contributed by atoms with E-state index in [-0.39, 0.29) is 6.42 Å². The summed E-state index contributed by atoms with van der Waals surface area (Å²) in [4.78, 5) is 17.5. The molecule has 0 aliphatic heterocycles. The van der Waals surface area contributed by atoms with Crippen molar-refractivity contribution in [1.29, 1.82) is 0 Å². The standard InChI is InChI=1S/C16H13ClN2O2S/c1-19-14-7-3-2-6-12(14)13(16(19)17)10-18-21-15(20)9-11-5-4-8-22-11/h2-8,10H,9H2,1H3/b18-10+. The number of carbonyl (C=O) groups is 1. The van der Waals surface area contributed by atoms with Crippen molar-refractivity contribution in [2.24, 2.45) is 12.2 Å². The fourth-order valence-corrected chi connectivity index (χ4v) is 3.17. The smallest absolute Gasteiger partial charge is 0.334 e. The van der Waals surface area contributed by atoms with Gasteiger partial charge in [0.1, 0.15) is 5.15 Å². The highest BCUT2D eigenvalue weighted by atomic mass is 35.5. The minimum atomic E-state index is -0.393. The second kappa shape index (κ2) is 6.34. The Hall–Kier alpha value is -2.11. The molecule has 0 amide bonds. The third kappa shape index (κ3) is 2.91. The van der Waals surface area contributed by atoms with Gasteiger partial charge in [0.05, 0.1) is 12.6 Å². The van der Waals surface area contributed by atoms with Crippen molar-refractivity contribution in [2.45, 2.75) is 6.42 Å². The van der Waals surface area contributed by atoms with Crippen LogP contribution >= 0.6 is 22.9 Å².